The fourth-order valence-electron chi connectivity index (χ4n) is 0. The second-order valence-corrected chi connectivity index (χ2v) is 0.326. The van der Waals surface area contributed by atoms with Crippen LogP contribution in [0.5, 0.6) is 0 Å². The molecule has 0 aliphatic rings. The second-order valence-electron chi connectivity index (χ2n) is 0.0791. The van der Waals surface area contributed by atoms with E-state index in [0.717, 1.165) is 0 Å². The smallest absolute Gasteiger partial charge is 0.316 e. The van der Waals surface area contributed by atoms with Gasteiger partial charge in [0.15, 0.2) is 0 Å². The van der Waals surface area contributed by atoms with Crippen molar-refractivity contribution in [1.82, 2.24) is 0 Å². The summed E-state index contributed by atoms with van der Waals surface area (Å²) in [5.74, 6) is 0. The van der Waals surface area contributed by atoms with E-state index in [0.29, 0.717) is 0 Å². The Hall–Kier alpha value is 2.41. The minimum Gasteiger partial charge on any atom is 0.316 e. The largest absolute Gasteiger partial charge is 0.316 e. The summed E-state index contributed by atoms with van der Waals surface area (Å²) in [4.78, 5) is 1.50. The molecule has 0 atom stereocenters. The van der Waals surface area contributed by atoms with Gasteiger partial charge in [0.25, 0.3) is 0 Å². The Balaban J connectivity index is -0.0000000200. The third kappa shape index (κ3) is 21.5. The van der Waals surface area contributed by atoms with E-state index in [2.05, 4.69) is 16.0 Å². The number of rotatable bonds is 0. The van der Waals surface area contributed by atoms with Gasteiger partial charge in [-0.05, 0) is 0 Å². The van der Waals surface area contributed by atoms with Crippen molar-refractivity contribution >= 4 is 74.4 Å². The van der Waals surface area contributed by atoms with E-state index in [1.54, 1.807) is 0 Å². The molecule has 0 saturated carbocycles. The molecule has 0 amide bonds. The van der Waals surface area contributed by atoms with Gasteiger partial charge in [0.1, 0.15) is 0 Å². The van der Waals surface area contributed by atoms with E-state index in [4.69, 9.17) is 5.26 Å². The SMILES string of the molecule is N#[C][Fe].[KH].[MgH2]. The van der Waals surface area contributed by atoms with Crippen LogP contribution in [0.1, 0.15) is 0 Å². The van der Waals surface area contributed by atoms with Gasteiger partial charge in [0.2, 0.25) is 0 Å². The van der Waals surface area contributed by atoms with Crippen molar-refractivity contribution < 1.29 is 16.0 Å². The molecule has 0 bridgehead atoms. The molecule has 0 rings (SSSR count). The van der Waals surface area contributed by atoms with Gasteiger partial charge < -0.3 is 0 Å². The van der Waals surface area contributed by atoms with Crippen LogP contribution in [0.4, 0.5) is 0 Å². The first-order chi connectivity index (χ1) is 1.41. The zero-order valence-corrected chi connectivity index (χ0v) is 2.40. The Kier molecular flexibility index (Phi) is 50.5. The van der Waals surface area contributed by atoms with E-state index >= 15 is 0 Å². The summed E-state index contributed by atoms with van der Waals surface area (Å²) in [5.41, 5.74) is 0. The molecule has 4 heteroatoms. The van der Waals surface area contributed by atoms with Gasteiger partial charge in [-0.2, -0.15) is 0 Å². The van der Waals surface area contributed by atoms with E-state index in [9.17, 15) is 0 Å². The molecule has 0 aliphatic carbocycles. The molecule has 0 aromatic heterocycles. The summed E-state index contributed by atoms with van der Waals surface area (Å²) in [7, 11) is 0. The summed E-state index contributed by atoms with van der Waals surface area (Å²) in [5, 5.41) is 7.21. The summed E-state index contributed by atoms with van der Waals surface area (Å²) in [6.45, 7) is 0. The zero-order chi connectivity index (χ0) is 2.71. The van der Waals surface area contributed by atoms with Gasteiger partial charge in [-0.1, -0.05) is 0 Å². The van der Waals surface area contributed by atoms with Crippen LogP contribution in [0.2, 0.25) is 0 Å². The van der Waals surface area contributed by atoms with Gasteiger partial charge in [0.05, 0.1) is 0 Å². The van der Waals surface area contributed by atoms with Gasteiger partial charge >= 0.3 is 101 Å². The van der Waals surface area contributed by atoms with Crippen molar-refractivity contribution in [3.05, 3.63) is 0 Å². The van der Waals surface area contributed by atoms with Crippen LogP contribution < -0.4 is 0 Å². The molecule has 0 fully saturated rings. The molecule has 23 valence electrons. The molecule has 0 saturated heterocycles. The fraction of sp³-hybridized carbons (Fsp3) is 0. The molecule has 1 nitrogen and oxygen atoms in total. The quantitative estimate of drug-likeness (QED) is 0.382. The molecule has 0 unspecified atom stereocenters. The minimum absolute atomic E-state index is 0. The first-order valence-electron chi connectivity index (χ1n) is 0.400. The van der Waals surface area contributed by atoms with Crippen LogP contribution in [0, 0.1) is 10.2 Å². The summed E-state index contributed by atoms with van der Waals surface area (Å²) in [6.07, 6.45) is 0. The Bertz CT molecular complexity index is 33.1. The number of hydrogen-bond acceptors (Lipinski definition) is 1. The van der Waals surface area contributed by atoms with Crippen molar-refractivity contribution in [1.29, 1.82) is 5.26 Å². The maximum absolute atomic E-state index is 7.21. The first-order valence-corrected chi connectivity index (χ1v) is 0.952. The average Bonchev–Trinajstić information content (AvgIpc) is 0.918. The fourth-order valence-corrected chi connectivity index (χ4v) is 0. The number of nitrogens with zero attached hydrogens (tertiary/aromatic N) is 1. The minimum atomic E-state index is 0. The Morgan fingerprint density at radius 2 is 1.60 bits per heavy atom. The van der Waals surface area contributed by atoms with Gasteiger partial charge in [0, 0.05) is 0 Å². The maximum atomic E-state index is 7.21. The summed E-state index contributed by atoms with van der Waals surface area (Å²) >= 11 is 2.79. The maximum Gasteiger partial charge on any atom is 0.316 e. The normalized spacial score (nSPS) is 1.60. The standard InChI is InChI=1S/CN.Fe.K.Mg.3H/c1-2;;;;;;. The van der Waals surface area contributed by atoms with E-state index in [1.807, 2.05) is 0 Å². The number of hydrogen-bond donors (Lipinski definition) is 0. The van der Waals surface area contributed by atoms with E-state index in [1.165, 1.54) is 4.97 Å². The first kappa shape index (κ1) is 15.7. The Morgan fingerprint density at radius 3 is 1.60 bits per heavy atom. The molecule has 5 heavy (non-hydrogen) atoms. The van der Waals surface area contributed by atoms with Crippen LogP contribution in [-0.4, -0.2) is 74.4 Å². The summed E-state index contributed by atoms with van der Waals surface area (Å²) in [6, 6.07) is 0. The molecule has 0 radical (unpaired) electrons. The van der Waals surface area contributed by atoms with Gasteiger partial charge in [-0.3, -0.25) is 0 Å². The van der Waals surface area contributed by atoms with Gasteiger partial charge in [-0.15, -0.1) is 0 Å². The Labute approximate surface area is 98.3 Å². The summed E-state index contributed by atoms with van der Waals surface area (Å²) < 4.78 is 0. The third-order valence-corrected chi connectivity index (χ3v) is 0. The molecular weight excluding hydrogens is 145 g/mol. The van der Waals surface area contributed by atoms with Crippen molar-refractivity contribution in [2.24, 2.45) is 0 Å². The van der Waals surface area contributed by atoms with Crippen molar-refractivity contribution in [3.63, 3.8) is 0 Å². The molecule has 0 N–H and O–H groups in total. The van der Waals surface area contributed by atoms with Crippen LogP contribution in [0.15, 0.2) is 0 Å². The van der Waals surface area contributed by atoms with Crippen LogP contribution >= 0.6 is 0 Å². The average molecular weight is 148 g/mol. The van der Waals surface area contributed by atoms with Crippen molar-refractivity contribution in [3.8, 4) is 4.97 Å². The van der Waals surface area contributed by atoms with E-state index in [-0.39, 0.29) is 74.4 Å². The van der Waals surface area contributed by atoms with Crippen LogP contribution in [-0.2, 0) is 16.0 Å². The second kappa shape index (κ2) is 16.1. The molecule has 0 aromatic carbocycles. The molecule has 0 heterocycles. The molecule has 0 spiro atoms. The Morgan fingerprint density at radius 1 is 1.60 bits per heavy atom. The van der Waals surface area contributed by atoms with Gasteiger partial charge in [-0.25, -0.2) is 0 Å². The molecule has 0 aliphatic heterocycles. The van der Waals surface area contributed by atoms with E-state index < -0.39 is 0 Å². The monoisotopic (exact) mass is 148 g/mol. The topological polar surface area (TPSA) is 23.8 Å². The third-order valence-electron chi connectivity index (χ3n) is 0. The predicted octanol–water partition coefficient (Wildman–Crippen LogP) is -1.55. The molecule has 0 aromatic rings. The van der Waals surface area contributed by atoms with Crippen molar-refractivity contribution in [2.75, 3.05) is 0 Å². The van der Waals surface area contributed by atoms with Crippen LogP contribution in [0.25, 0.3) is 0 Å². The number of nitriles is 1. The van der Waals surface area contributed by atoms with Crippen LogP contribution in [0.3, 0.4) is 0 Å². The zero-order valence-electron chi connectivity index (χ0n) is 1.30. The molecular formula is CH3FeKMgN. The predicted molar refractivity (Wildman–Crippen MR) is 21.3 cm³/mol. The van der Waals surface area contributed by atoms with Crippen molar-refractivity contribution in [2.45, 2.75) is 0 Å².